The summed E-state index contributed by atoms with van der Waals surface area (Å²) >= 11 is 1.97. The average Bonchev–Trinajstić information content (AvgIpc) is 3.17. The zero-order valence-corrected chi connectivity index (χ0v) is 12.3. The van der Waals surface area contributed by atoms with Crippen LogP contribution in [-0.4, -0.2) is 31.6 Å². The zero-order chi connectivity index (χ0) is 13.0. The third-order valence-corrected chi connectivity index (χ3v) is 5.19. The average molecular weight is 277 g/mol. The molecule has 2 fully saturated rings. The number of hydrogen-bond acceptors (Lipinski definition) is 3. The third kappa shape index (κ3) is 3.98. The highest BCUT2D eigenvalue weighted by atomic mass is 32.2. The predicted molar refractivity (Wildman–Crippen MR) is 80.7 cm³/mol. The van der Waals surface area contributed by atoms with Crippen molar-refractivity contribution in [1.82, 2.24) is 5.32 Å². The van der Waals surface area contributed by atoms with Gasteiger partial charge in [-0.3, -0.25) is 0 Å². The smallest absolute Gasteiger partial charge is 0.0535 e. The minimum Gasteiger partial charge on any atom is -0.381 e. The molecule has 1 N–H and O–H groups in total. The number of nitrogens with one attached hydrogen (secondary N) is 1. The Hall–Kier alpha value is -0.510. The van der Waals surface area contributed by atoms with Crippen LogP contribution in [0.4, 0.5) is 0 Å². The van der Waals surface area contributed by atoms with Gasteiger partial charge in [-0.05, 0) is 43.6 Å². The lowest BCUT2D eigenvalue weighted by Gasteiger charge is -2.27. The Bertz CT molecular complexity index is 385. The van der Waals surface area contributed by atoms with E-state index in [2.05, 4.69) is 35.6 Å². The minimum atomic E-state index is 0.393. The SMILES string of the molecule is c1ccc(SCCC2(CNC3CC3)CCOC2)cc1. The summed E-state index contributed by atoms with van der Waals surface area (Å²) < 4.78 is 5.67. The molecule has 1 aromatic carbocycles. The van der Waals surface area contributed by atoms with E-state index in [4.69, 9.17) is 4.74 Å². The van der Waals surface area contributed by atoms with E-state index in [0.29, 0.717) is 5.41 Å². The normalized spacial score (nSPS) is 26.7. The van der Waals surface area contributed by atoms with Crippen molar-refractivity contribution in [3.05, 3.63) is 30.3 Å². The molecule has 1 unspecified atom stereocenters. The minimum absolute atomic E-state index is 0.393. The molecule has 0 radical (unpaired) electrons. The molecule has 3 heteroatoms. The van der Waals surface area contributed by atoms with Crippen molar-refractivity contribution >= 4 is 11.8 Å². The second kappa shape index (κ2) is 6.29. The molecule has 1 aliphatic carbocycles. The maximum absolute atomic E-state index is 5.67. The summed E-state index contributed by atoms with van der Waals surface area (Å²) in [7, 11) is 0. The first kappa shape index (κ1) is 13.5. The monoisotopic (exact) mass is 277 g/mol. The first-order valence-corrected chi connectivity index (χ1v) is 8.34. The van der Waals surface area contributed by atoms with Gasteiger partial charge in [-0.25, -0.2) is 0 Å². The molecular formula is C16H23NOS. The van der Waals surface area contributed by atoms with Crippen LogP contribution in [0.25, 0.3) is 0 Å². The fraction of sp³-hybridized carbons (Fsp3) is 0.625. The van der Waals surface area contributed by atoms with Gasteiger partial charge in [0.15, 0.2) is 0 Å². The van der Waals surface area contributed by atoms with Gasteiger partial charge in [0.1, 0.15) is 0 Å². The van der Waals surface area contributed by atoms with E-state index in [1.807, 2.05) is 11.8 Å². The molecule has 104 valence electrons. The quantitative estimate of drug-likeness (QED) is 0.773. The summed E-state index contributed by atoms with van der Waals surface area (Å²) in [6.45, 7) is 3.04. The lowest BCUT2D eigenvalue weighted by atomic mass is 9.84. The van der Waals surface area contributed by atoms with Gasteiger partial charge in [0.05, 0.1) is 6.61 Å². The largest absolute Gasteiger partial charge is 0.381 e. The second-order valence-electron chi connectivity index (χ2n) is 5.87. The molecule has 1 atom stereocenters. The number of benzene rings is 1. The highest BCUT2D eigenvalue weighted by molar-refractivity contribution is 7.99. The van der Waals surface area contributed by atoms with Gasteiger partial charge >= 0.3 is 0 Å². The molecule has 1 heterocycles. The van der Waals surface area contributed by atoms with Crippen LogP contribution >= 0.6 is 11.8 Å². The van der Waals surface area contributed by atoms with Gasteiger partial charge in [-0.15, -0.1) is 11.8 Å². The van der Waals surface area contributed by atoms with Gasteiger partial charge in [0, 0.05) is 29.5 Å². The molecular weight excluding hydrogens is 254 g/mol. The molecule has 3 rings (SSSR count). The Morgan fingerprint density at radius 1 is 1.26 bits per heavy atom. The van der Waals surface area contributed by atoms with Crippen molar-refractivity contribution in [2.24, 2.45) is 5.41 Å². The fourth-order valence-electron chi connectivity index (χ4n) is 2.62. The van der Waals surface area contributed by atoms with Gasteiger partial charge in [0.2, 0.25) is 0 Å². The van der Waals surface area contributed by atoms with Gasteiger partial charge in [-0.1, -0.05) is 18.2 Å². The standard InChI is InChI=1S/C16H23NOS/c1-2-4-15(5-3-1)19-11-9-16(8-10-18-13-16)12-17-14-6-7-14/h1-5,14,17H,6-13H2. The van der Waals surface area contributed by atoms with Crippen molar-refractivity contribution < 1.29 is 4.74 Å². The highest BCUT2D eigenvalue weighted by Gasteiger charge is 2.36. The summed E-state index contributed by atoms with van der Waals surface area (Å²) in [4.78, 5) is 1.38. The van der Waals surface area contributed by atoms with Crippen molar-refractivity contribution in [2.75, 3.05) is 25.5 Å². The molecule has 0 spiro atoms. The number of rotatable bonds is 7. The van der Waals surface area contributed by atoms with Crippen LogP contribution in [0.2, 0.25) is 0 Å². The summed E-state index contributed by atoms with van der Waals surface area (Å²) in [6, 6.07) is 11.5. The predicted octanol–water partition coefficient (Wildman–Crippen LogP) is 3.33. The fourth-order valence-corrected chi connectivity index (χ4v) is 3.75. The van der Waals surface area contributed by atoms with Crippen molar-refractivity contribution in [3.63, 3.8) is 0 Å². The van der Waals surface area contributed by atoms with E-state index in [0.717, 1.165) is 25.8 Å². The Kier molecular flexibility index (Phi) is 4.46. The Balaban J connectivity index is 1.47. The van der Waals surface area contributed by atoms with Crippen LogP contribution in [-0.2, 0) is 4.74 Å². The van der Waals surface area contributed by atoms with Crippen LogP contribution in [0.3, 0.4) is 0 Å². The van der Waals surface area contributed by atoms with Gasteiger partial charge in [0.25, 0.3) is 0 Å². The maximum atomic E-state index is 5.67. The van der Waals surface area contributed by atoms with E-state index < -0.39 is 0 Å². The molecule has 19 heavy (non-hydrogen) atoms. The van der Waals surface area contributed by atoms with E-state index >= 15 is 0 Å². The number of ether oxygens (including phenoxy) is 1. The molecule has 0 bridgehead atoms. The molecule has 2 nitrogen and oxygen atoms in total. The number of thioether (sulfide) groups is 1. The van der Waals surface area contributed by atoms with Gasteiger partial charge in [-0.2, -0.15) is 0 Å². The maximum Gasteiger partial charge on any atom is 0.0535 e. The molecule has 0 amide bonds. The lowest BCUT2D eigenvalue weighted by molar-refractivity contribution is 0.147. The van der Waals surface area contributed by atoms with Crippen LogP contribution in [0.1, 0.15) is 25.7 Å². The van der Waals surface area contributed by atoms with Crippen LogP contribution in [0.5, 0.6) is 0 Å². The van der Waals surface area contributed by atoms with Crippen LogP contribution in [0, 0.1) is 5.41 Å². The zero-order valence-electron chi connectivity index (χ0n) is 11.4. The highest BCUT2D eigenvalue weighted by Crippen LogP contribution is 2.35. The number of hydrogen-bond donors (Lipinski definition) is 1. The van der Waals surface area contributed by atoms with Crippen LogP contribution < -0.4 is 5.32 Å². The summed E-state index contributed by atoms with van der Waals surface area (Å²) in [5, 5.41) is 3.70. The van der Waals surface area contributed by atoms with Crippen LogP contribution in [0.15, 0.2) is 35.2 Å². The summed E-state index contributed by atoms with van der Waals surface area (Å²) in [6.07, 6.45) is 5.22. The summed E-state index contributed by atoms with van der Waals surface area (Å²) in [5.41, 5.74) is 0.393. The molecule has 2 aliphatic rings. The topological polar surface area (TPSA) is 21.3 Å². The first-order valence-electron chi connectivity index (χ1n) is 7.35. The van der Waals surface area contributed by atoms with Crippen molar-refractivity contribution in [3.8, 4) is 0 Å². The van der Waals surface area contributed by atoms with E-state index in [1.165, 1.54) is 36.3 Å². The third-order valence-electron chi connectivity index (χ3n) is 4.17. The molecule has 0 aromatic heterocycles. The first-order chi connectivity index (χ1) is 9.36. The lowest BCUT2D eigenvalue weighted by Crippen LogP contribution is -2.36. The molecule has 1 saturated heterocycles. The Morgan fingerprint density at radius 3 is 2.79 bits per heavy atom. The van der Waals surface area contributed by atoms with E-state index in [9.17, 15) is 0 Å². The summed E-state index contributed by atoms with van der Waals surface area (Å²) in [5.74, 6) is 1.19. The van der Waals surface area contributed by atoms with E-state index in [1.54, 1.807) is 0 Å². The Morgan fingerprint density at radius 2 is 2.11 bits per heavy atom. The van der Waals surface area contributed by atoms with Crippen molar-refractivity contribution in [2.45, 2.75) is 36.6 Å². The molecule has 1 aromatic rings. The van der Waals surface area contributed by atoms with E-state index in [-0.39, 0.29) is 0 Å². The molecule has 1 saturated carbocycles. The Labute approximate surface area is 120 Å². The molecule has 1 aliphatic heterocycles. The van der Waals surface area contributed by atoms with Gasteiger partial charge < -0.3 is 10.1 Å². The van der Waals surface area contributed by atoms with Crippen molar-refractivity contribution in [1.29, 1.82) is 0 Å². The second-order valence-corrected chi connectivity index (χ2v) is 7.04.